The van der Waals surface area contributed by atoms with Crippen LogP contribution in [0.15, 0.2) is 40.6 Å². The van der Waals surface area contributed by atoms with Gasteiger partial charge in [-0.25, -0.2) is 9.59 Å². The number of hydrogen-bond acceptors (Lipinski definition) is 8. The van der Waals surface area contributed by atoms with E-state index in [4.69, 9.17) is 15.0 Å². The normalized spacial score (nSPS) is 26.5. The Bertz CT molecular complexity index is 1120. The number of methoxy groups -OCH3 is 1. The Hall–Kier alpha value is -4.00. The van der Waals surface area contributed by atoms with Crippen molar-refractivity contribution in [1.82, 2.24) is 5.32 Å². The van der Waals surface area contributed by atoms with Gasteiger partial charge in [0.05, 0.1) is 18.7 Å². The van der Waals surface area contributed by atoms with Crippen molar-refractivity contribution < 1.29 is 41.8 Å². The van der Waals surface area contributed by atoms with Crippen LogP contribution < -0.4 is 5.32 Å². The van der Waals surface area contributed by atoms with Crippen molar-refractivity contribution in [2.45, 2.75) is 63.4 Å². The van der Waals surface area contributed by atoms with Gasteiger partial charge in [-0.15, -0.1) is 0 Å². The molecule has 0 radical (unpaired) electrons. The molecule has 1 aromatic rings. The van der Waals surface area contributed by atoms with Gasteiger partial charge in [0.1, 0.15) is 24.2 Å². The van der Waals surface area contributed by atoms with Gasteiger partial charge in [0.25, 0.3) is 5.72 Å². The summed E-state index contributed by atoms with van der Waals surface area (Å²) in [6, 6.07) is 3.01. The zero-order valence-electron chi connectivity index (χ0n) is 20.8. The summed E-state index contributed by atoms with van der Waals surface area (Å²) in [6.45, 7) is 4.01. The number of amides is 1. The molecule has 0 aliphatic carbocycles. The van der Waals surface area contributed by atoms with E-state index < -0.39 is 65.9 Å². The molecule has 7 atom stereocenters. The van der Waals surface area contributed by atoms with Crippen molar-refractivity contribution in [3.8, 4) is 0 Å². The molecule has 0 bridgehead atoms. The zero-order chi connectivity index (χ0) is 28.7. The van der Waals surface area contributed by atoms with E-state index in [1.165, 1.54) is 31.2 Å². The van der Waals surface area contributed by atoms with Crippen LogP contribution in [0.4, 0.5) is 13.2 Å². The summed E-state index contributed by atoms with van der Waals surface area (Å²) >= 11 is 0. The van der Waals surface area contributed by atoms with Crippen LogP contribution in [-0.4, -0.2) is 61.1 Å². The first-order chi connectivity index (χ1) is 17.9. The quantitative estimate of drug-likeness (QED) is 0.211. The van der Waals surface area contributed by atoms with Crippen molar-refractivity contribution in [2.24, 2.45) is 22.1 Å². The highest BCUT2D eigenvalue weighted by Gasteiger charge is 2.67. The lowest BCUT2D eigenvalue weighted by molar-refractivity contribution is -0.285. The summed E-state index contributed by atoms with van der Waals surface area (Å²) in [7, 11) is 0.841. The largest absolute Gasteiger partial charge is 0.467 e. The number of rotatable bonds is 9. The molecule has 1 heterocycles. The van der Waals surface area contributed by atoms with Gasteiger partial charge in [0, 0.05) is 16.7 Å². The lowest BCUT2D eigenvalue weighted by Gasteiger charge is -2.51. The number of esters is 2. The van der Waals surface area contributed by atoms with E-state index in [1.54, 1.807) is 13.0 Å². The zero-order valence-corrected chi connectivity index (χ0v) is 20.8. The second kappa shape index (κ2) is 12.5. The van der Waals surface area contributed by atoms with Gasteiger partial charge in [-0.3, -0.25) is 4.79 Å². The van der Waals surface area contributed by atoms with Crippen molar-refractivity contribution in [2.75, 3.05) is 7.11 Å². The highest BCUT2D eigenvalue weighted by atomic mass is 19.4. The number of nitrogens with one attached hydrogen (secondary N) is 1. The molecule has 1 aliphatic rings. The monoisotopic (exact) mass is 541 g/mol. The third-order valence-corrected chi connectivity index (χ3v) is 6.17. The Kier molecular flexibility index (Phi) is 9.94. The average molecular weight is 541 g/mol. The van der Waals surface area contributed by atoms with Crippen LogP contribution in [0.3, 0.4) is 0 Å². The number of ether oxygens (including phenoxy) is 3. The van der Waals surface area contributed by atoms with E-state index in [-0.39, 0.29) is 12.0 Å². The number of azide groups is 2. The lowest BCUT2D eigenvalue weighted by atomic mass is 9.76. The summed E-state index contributed by atoms with van der Waals surface area (Å²) in [5.74, 6) is -6.94. The summed E-state index contributed by atoms with van der Waals surface area (Å²) < 4.78 is 59.8. The van der Waals surface area contributed by atoms with Crippen LogP contribution in [-0.2, 0) is 23.8 Å². The van der Waals surface area contributed by atoms with Crippen LogP contribution in [0, 0.1) is 11.8 Å². The number of alkyl halides is 3. The van der Waals surface area contributed by atoms with E-state index in [0.717, 1.165) is 14.0 Å². The molecule has 1 saturated heterocycles. The molecule has 1 N–H and O–H groups in total. The van der Waals surface area contributed by atoms with Crippen molar-refractivity contribution >= 4 is 17.8 Å². The molecule has 1 aliphatic heterocycles. The maximum atomic E-state index is 14.7. The minimum atomic E-state index is -5.16. The summed E-state index contributed by atoms with van der Waals surface area (Å²) in [5.41, 5.74) is 15.4. The first-order valence-corrected chi connectivity index (χ1v) is 11.3. The van der Waals surface area contributed by atoms with Crippen molar-refractivity contribution in [1.29, 1.82) is 0 Å². The number of benzene rings is 1. The molecule has 206 valence electrons. The smallest absolute Gasteiger partial charge is 0.396 e. The van der Waals surface area contributed by atoms with E-state index in [0.29, 0.717) is 0 Å². The third-order valence-electron chi connectivity index (χ3n) is 6.17. The highest BCUT2D eigenvalue weighted by molar-refractivity contribution is 5.89. The molecular weight excluding hydrogens is 515 g/mol. The molecule has 16 heteroatoms. The minimum absolute atomic E-state index is 0.0276. The van der Waals surface area contributed by atoms with Crippen molar-refractivity contribution in [3.63, 3.8) is 0 Å². The van der Waals surface area contributed by atoms with Crippen LogP contribution in [0.5, 0.6) is 0 Å². The average Bonchev–Trinajstić information content (AvgIpc) is 2.87. The van der Waals surface area contributed by atoms with Gasteiger partial charge in [-0.1, -0.05) is 37.2 Å². The summed E-state index contributed by atoms with van der Waals surface area (Å²) in [5, 5.41) is 8.59. The Morgan fingerprint density at radius 1 is 1.21 bits per heavy atom. The maximum Gasteiger partial charge on any atom is 0.396 e. The SMILES string of the molecule is CC[C@@H](C)[C@@H](OC(=O)c1ccccc1)C1O[C@@](N=[N+]=[N-])(C(=O)OC)C(N=[N+]=[N-])[C@H](NC(C)=O)[C@H]1C(F)(F)F. The number of carbonyl (C=O) groups is 3. The van der Waals surface area contributed by atoms with Crippen LogP contribution in [0.25, 0.3) is 20.9 Å². The first kappa shape index (κ1) is 30.2. The number of carbonyl (C=O) groups excluding carboxylic acids is 3. The molecule has 0 aromatic heterocycles. The molecule has 2 rings (SSSR count). The molecule has 0 spiro atoms. The van der Waals surface area contributed by atoms with Crippen molar-refractivity contribution in [3.05, 3.63) is 56.8 Å². The van der Waals surface area contributed by atoms with Gasteiger partial charge < -0.3 is 19.5 Å². The molecule has 1 amide bonds. The first-order valence-electron chi connectivity index (χ1n) is 11.3. The predicted octanol–water partition coefficient (Wildman–Crippen LogP) is 4.20. The third kappa shape index (κ3) is 6.28. The summed E-state index contributed by atoms with van der Waals surface area (Å²) in [4.78, 5) is 42.8. The fourth-order valence-electron chi connectivity index (χ4n) is 4.28. The second-order valence-electron chi connectivity index (χ2n) is 8.52. The maximum absolute atomic E-state index is 14.7. The highest BCUT2D eigenvalue weighted by Crippen LogP contribution is 2.47. The van der Waals surface area contributed by atoms with Crippen LogP contribution >= 0.6 is 0 Å². The molecule has 38 heavy (non-hydrogen) atoms. The van der Waals surface area contributed by atoms with Crippen LogP contribution in [0.2, 0.25) is 0 Å². The van der Waals surface area contributed by atoms with Gasteiger partial charge in [-0.2, -0.15) is 13.2 Å². The van der Waals surface area contributed by atoms with E-state index in [2.05, 4.69) is 30.1 Å². The molecule has 1 aromatic carbocycles. The molecule has 13 nitrogen and oxygen atoms in total. The Morgan fingerprint density at radius 2 is 1.84 bits per heavy atom. The van der Waals surface area contributed by atoms with E-state index >= 15 is 0 Å². The summed E-state index contributed by atoms with van der Waals surface area (Å²) in [6.07, 6.45) is -8.87. The Balaban J connectivity index is 2.85. The van der Waals surface area contributed by atoms with E-state index in [1.807, 2.05) is 0 Å². The van der Waals surface area contributed by atoms with Gasteiger partial charge >= 0.3 is 18.1 Å². The van der Waals surface area contributed by atoms with Gasteiger partial charge in [0.2, 0.25) is 5.91 Å². The molecule has 1 fully saturated rings. The fraction of sp³-hybridized carbons (Fsp3) is 0.591. The molecule has 2 unspecified atom stereocenters. The Morgan fingerprint density at radius 3 is 2.32 bits per heavy atom. The number of nitrogens with zero attached hydrogens (tertiary/aromatic N) is 6. The minimum Gasteiger partial charge on any atom is -0.467 e. The number of halogens is 3. The number of hydrogen-bond donors (Lipinski definition) is 1. The predicted molar refractivity (Wildman–Crippen MR) is 124 cm³/mol. The standard InChI is InChI=1S/C22H26F3N7O6/c1-5-11(2)16(37-19(34)13-9-7-6-8-10-13)17-14(22(23,24)25)15(28-12(3)33)18(29-31-26)21(38-17,30-32-27)20(35)36-4/h6-11,14-18H,5H2,1-4H3,(H,28,33)/t11-,14-,15-,16-,17?,18?,21-/m1/s1. The lowest BCUT2D eigenvalue weighted by Crippen LogP contribution is -2.72. The van der Waals surface area contributed by atoms with Gasteiger partial charge in [-0.05, 0) is 40.6 Å². The molecular formula is C22H26F3N7O6. The fourth-order valence-corrected chi connectivity index (χ4v) is 4.28. The van der Waals surface area contributed by atoms with Gasteiger partial charge in [0.15, 0.2) is 0 Å². The topological polar surface area (TPSA) is 188 Å². The van der Waals surface area contributed by atoms with E-state index in [9.17, 15) is 33.1 Å². The Labute approximate surface area is 214 Å². The second-order valence-corrected chi connectivity index (χ2v) is 8.52. The van der Waals surface area contributed by atoms with Crippen LogP contribution in [0.1, 0.15) is 37.6 Å². The molecule has 0 saturated carbocycles.